The fourth-order valence-corrected chi connectivity index (χ4v) is 2.54. The molecule has 0 radical (unpaired) electrons. The SMILES string of the molecule is CCC[C@@H](O)C(O)N1CCC(C(C)C)CC1. The first kappa shape index (κ1) is 13.9. The third-order valence-corrected chi connectivity index (χ3v) is 3.82. The summed E-state index contributed by atoms with van der Waals surface area (Å²) in [4.78, 5) is 2.03. The molecule has 96 valence electrons. The zero-order valence-electron chi connectivity index (χ0n) is 10.9. The molecule has 1 aliphatic heterocycles. The minimum Gasteiger partial charge on any atom is -0.389 e. The van der Waals surface area contributed by atoms with E-state index in [2.05, 4.69) is 13.8 Å². The van der Waals surface area contributed by atoms with E-state index in [1.807, 2.05) is 11.8 Å². The monoisotopic (exact) mass is 229 g/mol. The molecule has 1 rings (SSSR count). The van der Waals surface area contributed by atoms with E-state index in [-0.39, 0.29) is 0 Å². The molecule has 3 nitrogen and oxygen atoms in total. The standard InChI is InChI=1S/C13H27NO2/c1-4-5-12(15)13(16)14-8-6-11(7-9-14)10(2)3/h10-13,15-16H,4-9H2,1-3H3/t12-,13?/m1/s1. The number of hydrogen-bond donors (Lipinski definition) is 2. The van der Waals surface area contributed by atoms with Crippen LogP contribution in [0.4, 0.5) is 0 Å². The number of hydrogen-bond acceptors (Lipinski definition) is 3. The first-order valence-corrected chi connectivity index (χ1v) is 6.66. The quantitative estimate of drug-likeness (QED) is 0.756. The van der Waals surface area contributed by atoms with E-state index in [1.165, 1.54) is 0 Å². The van der Waals surface area contributed by atoms with Gasteiger partial charge in [0.1, 0.15) is 6.23 Å². The van der Waals surface area contributed by atoms with Gasteiger partial charge in [-0.25, -0.2) is 0 Å². The third kappa shape index (κ3) is 3.72. The Morgan fingerprint density at radius 1 is 1.19 bits per heavy atom. The molecule has 1 heterocycles. The predicted octanol–water partition coefficient (Wildman–Crippen LogP) is 1.83. The van der Waals surface area contributed by atoms with Crippen LogP contribution in [0.1, 0.15) is 46.5 Å². The molecule has 2 N–H and O–H groups in total. The maximum atomic E-state index is 9.97. The van der Waals surface area contributed by atoms with Crippen LogP contribution in [0.3, 0.4) is 0 Å². The number of aliphatic hydroxyl groups is 2. The lowest BCUT2D eigenvalue weighted by Crippen LogP contribution is -2.47. The molecule has 0 aromatic rings. The maximum absolute atomic E-state index is 9.97. The van der Waals surface area contributed by atoms with Gasteiger partial charge in [-0.15, -0.1) is 0 Å². The molecule has 0 amide bonds. The van der Waals surface area contributed by atoms with Gasteiger partial charge in [0.25, 0.3) is 0 Å². The van der Waals surface area contributed by atoms with E-state index in [1.54, 1.807) is 0 Å². The normalized spacial score (nSPS) is 23.6. The summed E-state index contributed by atoms with van der Waals surface area (Å²) in [5.74, 6) is 1.52. The van der Waals surface area contributed by atoms with Crippen molar-refractivity contribution in [1.82, 2.24) is 4.90 Å². The van der Waals surface area contributed by atoms with Crippen molar-refractivity contribution in [3.63, 3.8) is 0 Å². The number of aliphatic hydroxyl groups excluding tert-OH is 2. The van der Waals surface area contributed by atoms with Gasteiger partial charge in [0.05, 0.1) is 6.10 Å². The zero-order chi connectivity index (χ0) is 12.1. The van der Waals surface area contributed by atoms with Crippen molar-refractivity contribution < 1.29 is 10.2 Å². The van der Waals surface area contributed by atoms with Crippen molar-refractivity contribution >= 4 is 0 Å². The third-order valence-electron chi connectivity index (χ3n) is 3.82. The summed E-state index contributed by atoms with van der Waals surface area (Å²) in [6.07, 6.45) is 2.65. The molecule has 0 bridgehead atoms. The highest BCUT2D eigenvalue weighted by Crippen LogP contribution is 2.25. The highest BCUT2D eigenvalue weighted by molar-refractivity contribution is 4.78. The molecule has 0 saturated carbocycles. The molecular weight excluding hydrogens is 202 g/mol. The first-order valence-electron chi connectivity index (χ1n) is 6.66. The van der Waals surface area contributed by atoms with Crippen LogP contribution in [-0.2, 0) is 0 Å². The van der Waals surface area contributed by atoms with Crippen LogP contribution in [0.25, 0.3) is 0 Å². The average Bonchev–Trinajstić information content (AvgIpc) is 2.28. The van der Waals surface area contributed by atoms with Crippen molar-refractivity contribution in [3.8, 4) is 0 Å². The molecule has 0 spiro atoms. The number of likely N-dealkylation sites (tertiary alicyclic amines) is 1. The van der Waals surface area contributed by atoms with Crippen LogP contribution in [0.15, 0.2) is 0 Å². The van der Waals surface area contributed by atoms with Crippen molar-refractivity contribution in [1.29, 1.82) is 0 Å². The predicted molar refractivity (Wildman–Crippen MR) is 66.1 cm³/mol. The van der Waals surface area contributed by atoms with Crippen LogP contribution in [-0.4, -0.2) is 40.5 Å². The van der Waals surface area contributed by atoms with E-state index in [4.69, 9.17) is 0 Å². The van der Waals surface area contributed by atoms with E-state index >= 15 is 0 Å². The number of rotatable bonds is 5. The van der Waals surface area contributed by atoms with Crippen LogP contribution < -0.4 is 0 Å². The first-order chi connectivity index (χ1) is 7.56. The van der Waals surface area contributed by atoms with E-state index in [0.29, 0.717) is 6.42 Å². The summed E-state index contributed by atoms with van der Waals surface area (Å²) in [5.41, 5.74) is 0. The van der Waals surface area contributed by atoms with Gasteiger partial charge >= 0.3 is 0 Å². The summed E-state index contributed by atoms with van der Waals surface area (Å²) >= 11 is 0. The second-order valence-corrected chi connectivity index (χ2v) is 5.39. The minimum absolute atomic E-state index is 0.583. The van der Waals surface area contributed by atoms with Gasteiger partial charge in [-0.2, -0.15) is 0 Å². The highest BCUT2D eigenvalue weighted by atomic mass is 16.3. The summed E-state index contributed by atoms with van der Waals surface area (Å²) in [7, 11) is 0. The minimum atomic E-state index is -0.659. The van der Waals surface area contributed by atoms with Gasteiger partial charge in [-0.3, -0.25) is 4.90 Å². The van der Waals surface area contributed by atoms with E-state index < -0.39 is 12.3 Å². The van der Waals surface area contributed by atoms with Gasteiger partial charge in [-0.1, -0.05) is 27.2 Å². The second-order valence-electron chi connectivity index (χ2n) is 5.39. The van der Waals surface area contributed by atoms with Gasteiger partial charge in [0, 0.05) is 13.1 Å². The Kier molecular flexibility index (Phi) is 5.73. The van der Waals surface area contributed by atoms with E-state index in [0.717, 1.165) is 44.2 Å². The lowest BCUT2D eigenvalue weighted by molar-refractivity contribution is -0.0976. The van der Waals surface area contributed by atoms with Gasteiger partial charge in [0.15, 0.2) is 0 Å². The molecule has 1 aliphatic rings. The van der Waals surface area contributed by atoms with E-state index in [9.17, 15) is 10.2 Å². The highest BCUT2D eigenvalue weighted by Gasteiger charge is 2.28. The Bertz CT molecular complexity index is 188. The fraction of sp³-hybridized carbons (Fsp3) is 1.00. The van der Waals surface area contributed by atoms with Crippen molar-refractivity contribution in [2.24, 2.45) is 11.8 Å². The molecule has 0 aromatic carbocycles. The Morgan fingerprint density at radius 3 is 2.19 bits per heavy atom. The zero-order valence-corrected chi connectivity index (χ0v) is 10.9. The summed E-state index contributed by atoms with van der Waals surface area (Å²) in [5, 5.41) is 19.7. The van der Waals surface area contributed by atoms with Crippen molar-refractivity contribution in [3.05, 3.63) is 0 Å². The fourth-order valence-electron chi connectivity index (χ4n) is 2.54. The Hall–Kier alpha value is -0.120. The van der Waals surface area contributed by atoms with Crippen LogP contribution in [0.5, 0.6) is 0 Å². The molecule has 1 fully saturated rings. The van der Waals surface area contributed by atoms with Crippen LogP contribution in [0.2, 0.25) is 0 Å². The topological polar surface area (TPSA) is 43.7 Å². The molecule has 2 atom stereocenters. The molecule has 16 heavy (non-hydrogen) atoms. The lowest BCUT2D eigenvalue weighted by atomic mass is 9.86. The second kappa shape index (κ2) is 6.58. The summed E-state index contributed by atoms with van der Waals surface area (Å²) in [6.45, 7) is 8.40. The lowest BCUT2D eigenvalue weighted by Gasteiger charge is -2.38. The largest absolute Gasteiger partial charge is 0.389 e. The van der Waals surface area contributed by atoms with Gasteiger partial charge in [0.2, 0.25) is 0 Å². The van der Waals surface area contributed by atoms with Crippen molar-refractivity contribution in [2.75, 3.05) is 13.1 Å². The smallest absolute Gasteiger partial charge is 0.133 e. The average molecular weight is 229 g/mol. The molecular formula is C13H27NO2. The van der Waals surface area contributed by atoms with Gasteiger partial charge in [-0.05, 0) is 31.1 Å². The molecule has 3 heteroatoms. The van der Waals surface area contributed by atoms with Crippen LogP contribution >= 0.6 is 0 Å². The Labute approximate surface area is 99.5 Å². The molecule has 0 aromatic heterocycles. The van der Waals surface area contributed by atoms with Crippen LogP contribution in [0, 0.1) is 11.8 Å². The molecule has 1 saturated heterocycles. The maximum Gasteiger partial charge on any atom is 0.133 e. The van der Waals surface area contributed by atoms with Crippen molar-refractivity contribution in [2.45, 2.75) is 58.8 Å². The summed E-state index contributed by atoms with van der Waals surface area (Å²) in [6, 6.07) is 0. The molecule has 1 unspecified atom stereocenters. The Morgan fingerprint density at radius 2 is 1.75 bits per heavy atom. The molecule has 0 aliphatic carbocycles. The van der Waals surface area contributed by atoms with Gasteiger partial charge < -0.3 is 10.2 Å². The number of nitrogens with zero attached hydrogens (tertiary/aromatic N) is 1. The Balaban J connectivity index is 2.35. The number of piperidine rings is 1. The summed E-state index contributed by atoms with van der Waals surface area (Å²) < 4.78 is 0.